The van der Waals surface area contributed by atoms with Crippen LogP contribution in [0.5, 0.6) is 0 Å². The molecule has 0 bridgehead atoms. The van der Waals surface area contributed by atoms with Gasteiger partial charge < -0.3 is 15.3 Å². The van der Waals surface area contributed by atoms with Crippen LogP contribution in [-0.2, 0) is 0 Å². The molecule has 1 aliphatic heterocycles. The van der Waals surface area contributed by atoms with E-state index >= 15 is 0 Å². The predicted molar refractivity (Wildman–Crippen MR) is 95.9 cm³/mol. The van der Waals surface area contributed by atoms with E-state index in [0.717, 1.165) is 21.1 Å². The van der Waals surface area contributed by atoms with E-state index in [1.165, 1.54) is 4.88 Å². The molecule has 116 valence electrons. The minimum Gasteiger partial charge on any atom is -0.396 e. The first-order chi connectivity index (χ1) is 10.7. The van der Waals surface area contributed by atoms with Gasteiger partial charge in [0.15, 0.2) is 5.11 Å². The van der Waals surface area contributed by atoms with Crippen LogP contribution in [0.3, 0.4) is 0 Å². The maximum absolute atomic E-state index is 9.15. The van der Waals surface area contributed by atoms with Gasteiger partial charge in [-0.1, -0.05) is 6.07 Å². The first-order valence-electron chi connectivity index (χ1n) is 7.05. The van der Waals surface area contributed by atoms with Gasteiger partial charge >= 0.3 is 0 Å². The second-order valence-electron chi connectivity index (χ2n) is 5.04. The summed E-state index contributed by atoms with van der Waals surface area (Å²) in [6.45, 7) is 0.889. The molecule has 1 saturated heterocycles. The van der Waals surface area contributed by atoms with E-state index in [0.29, 0.717) is 6.42 Å². The van der Waals surface area contributed by atoms with Gasteiger partial charge in [0.2, 0.25) is 0 Å². The lowest BCUT2D eigenvalue weighted by Crippen LogP contribution is -2.30. The highest BCUT2D eigenvalue weighted by molar-refractivity contribution is 9.11. The zero-order valence-electron chi connectivity index (χ0n) is 11.8. The topological polar surface area (TPSA) is 48.4 Å². The Morgan fingerprint density at radius 2 is 2.23 bits per heavy atom. The van der Waals surface area contributed by atoms with Gasteiger partial charge in [-0.3, -0.25) is 4.98 Å². The molecule has 3 rings (SSSR count). The first kappa shape index (κ1) is 15.9. The molecule has 0 aromatic carbocycles. The Bertz CT molecular complexity index is 649. The Hall–Kier alpha value is -1.02. The quantitative estimate of drug-likeness (QED) is 0.758. The highest BCUT2D eigenvalue weighted by Crippen LogP contribution is 2.42. The predicted octanol–water partition coefficient (Wildman–Crippen LogP) is 3.26. The van der Waals surface area contributed by atoms with E-state index in [-0.39, 0.29) is 18.7 Å². The summed E-state index contributed by atoms with van der Waals surface area (Å²) in [5, 5.41) is 13.3. The number of hydrogen-bond donors (Lipinski definition) is 2. The van der Waals surface area contributed by atoms with Gasteiger partial charge in [-0.15, -0.1) is 11.3 Å². The number of thiocarbonyl (C=S) groups is 1. The number of aromatic nitrogens is 1. The molecule has 0 amide bonds. The number of nitrogens with one attached hydrogen (secondary N) is 1. The maximum atomic E-state index is 9.15. The normalized spacial score (nSPS) is 21.2. The van der Waals surface area contributed by atoms with Crippen LogP contribution in [0, 0.1) is 0 Å². The summed E-state index contributed by atoms with van der Waals surface area (Å²) in [7, 11) is 0. The molecule has 2 N–H and O–H groups in total. The second-order valence-corrected chi connectivity index (χ2v) is 7.92. The van der Waals surface area contributed by atoms with E-state index in [4.69, 9.17) is 17.3 Å². The molecule has 0 saturated carbocycles. The molecule has 2 atom stereocenters. The third kappa shape index (κ3) is 3.17. The molecule has 1 fully saturated rings. The van der Waals surface area contributed by atoms with Gasteiger partial charge in [0.25, 0.3) is 0 Å². The fourth-order valence-corrected chi connectivity index (χ4v) is 4.59. The summed E-state index contributed by atoms with van der Waals surface area (Å²) in [6, 6.07) is 10.2. The Labute approximate surface area is 147 Å². The van der Waals surface area contributed by atoms with E-state index in [2.05, 4.69) is 43.3 Å². The fraction of sp³-hybridized carbons (Fsp3) is 0.333. The number of halogens is 1. The van der Waals surface area contributed by atoms with Gasteiger partial charge in [0, 0.05) is 24.2 Å². The minimum atomic E-state index is 0.0259. The zero-order valence-corrected chi connectivity index (χ0v) is 15.0. The van der Waals surface area contributed by atoms with Crippen LogP contribution in [0.4, 0.5) is 0 Å². The van der Waals surface area contributed by atoms with Crippen molar-refractivity contribution >= 4 is 44.6 Å². The van der Waals surface area contributed by atoms with Crippen molar-refractivity contribution in [3.8, 4) is 0 Å². The van der Waals surface area contributed by atoms with E-state index in [1.807, 2.05) is 18.2 Å². The van der Waals surface area contributed by atoms with Crippen molar-refractivity contribution in [1.29, 1.82) is 0 Å². The molecule has 4 nitrogen and oxygen atoms in total. The van der Waals surface area contributed by atoms with Gasteiger partial charge in [0.05, 0.1) is 21.6 Å². The van der Waals surface area contributed by atoms with Crippen molar-refractivity contribution in [2.75, 3.05) is 13.2 Å². The molecule has 2 aromatic rings. The monoisotopic (exact) mass is 397 g/mol. The van der Waals surface area contributed by atoms with Crippen LogP contribution in [0.25, 0.3) is 0 Å². The Morgan fingerprint density at radius 1 is 1.36 bits per heavy atom. The molecule has 22 heavy (non-hydrogen) atoms. The molecule has 2 unspecified atom stereocenters. The third-order valence-electron chi connectivity index (χ3n) is 3.64. The average molecular weight is 398 g/mol. The average Bonchev–Trinajstić information content (AvgIpc) is 3.09. The number of thiophene rings is 1. The molecule has 1 aliphatic rings. The van der Waals surface area contributed by atoms with Crippen LogP contribution in [0.15, 0.2) is 40.3 Å². The standard InChI is InChI=1S/C15H16BrN3OS2/c16-12-6-5-11(22-12)14-13(10-4-1-2-7-17-10)18-15(21)19(14)8-3-9-20/h1-2,4-7,13-14,20H,3,8-9H2,(H,18,21). The van der Waals surface area contributed by atoms with E-state index in [1.54, 1.807) is 17.5 Å². The molecular weight excluding hydrogens is 382 g/mol. The highest BCUT2D eigenvalue weighted by atomic mass is 79.9. The lowest BCUT2D eigenvalue weighted by atomic mass is 10.0. The summed E-state index contributed by atoms with van der Waals surface area (Å²) < 4.78 is 1.10. The number of nitrogens with zero attached hydrogens (tertiary/aromatic N) is 2. The SMILES string of the molecule is OCCCN1C(=S)NC(c2ccccn2)C1c1ccc(Br)s1. The maximum Gasteiger partial charge on any atom is 0.170 e. The summed E-state index contributed by atoms with van der Waals surface area (Å²) in [5.74, 6) is 0. The van der Waals surface area contributed by atoms with E-state index in [9.17, 15) is 0 Å². The van der Waals surface area contributed by atoms with Gasteiger partial charge in [-0.05, 0) is 58.8 Å². The van der Waals surface area contributed by atoms with Crippen LogP contribution in [0.1, 0.15) is 29.1 Å². The van der Waals surface area contributed by atoms with Crippen LogP contribution >= 0.6 is 39.5 Å². The number of aliphatic hydroxyl groups excluding tert-OH is 1. The van der Waals surface area contributed by atoms with Gasteiger partial charge in [-0.25, -0.2) is 0 Å². The zero-order chi connectivity index (χ0) is 15.5. The fourth-order valence-electron chi connectivity index (χ4n) is 2.68. The van der Waals surface area contributed by atoms with Crippen LogP contribution in [-0.4, -0.2) is 33.3 Å². The third-order valence-corrected chi connectivity index (χ3v) is 5.69. The van der Waals surface area contributed by atoms with Crippen LogP contribution < -0.4 is 5.32 Å². The van der Waals surface area contributed by atoms with Crippen molar-refractivity contribution in [3.63, 3.8) is 0 Å². The van der Waals surface area contributed by atoms with Gasteiger partial charge in [-0.2, -0.15) is 0 Å². The summed E-state index contributed by atoms with van der Waals surface area (Å²) in [4.78, 5) is 7.87. The largest absolute Gasteiger partial charge is 0.396 e. The lowest BCUT2D eigenvalue weighted by molar-refractivity contribution is 0.249. The number of aliphatic hydroxyl groups is 1. The summed E-state index contributed by atoms with van der Waals surface area (Å²) in [5.41, 5.74) is 0.978. The molecule has 2 aromatic heterocycles. The number of hydrogen-bond acceptors (Lipinski definition) is 4. The molecule has 0 aliphatic carbocycles. The van der Waals surface area contributed by atoms with Crippen molar-refractivity contribution in [1.82, 2.24) is 15.2 Å². The number of rotatable bonds is 5. The smallest absolute Gasteiger partial charge is 0.170 e. The molecule has 0 radical (unpaired) electrons. The molecular formula is C15H16BrN3OS2. The Morgan fingerprint density at radius 3 is 2.86 bits per heavy atom. The lowest BCUT2D eigenvalue weighted by Gasteiger charge is -2.26. The second kappa shape index (κ2) is 7.04. The first-order valence-corrected chi connectivity index (χ1v) is 9.06. The van der Waals surface area contributed by atoms with Crippen molar-refractivity contribution in [2.45, 2.75) is 18.5 Å². The Kier molecular flexibility index (Phi) is 5.07. The molecule has 3 heterocycles. The summed E-state index contributed by atoms with van der Waals surface area (Å²) in [6.07, 6.45) is 2.50. The molecule has 7 heteroatoms. The van der Waals surface area contributed by atoms with Crippen molar-refractivity contribution < 1.29 is 5.11 Å². The van der Waals surface area contributed by atoms with Crippen molar-refractivity contribution in [2.24, 2.45) is 0 Å². The highest BCUT2D eigenvalue weighted by Gasteiger charge is 2.40. The number of pyridine rings is 1. The molecule has 0 spiro atoms. The summed E-state index contributed by atoms with van der Waals surface area (Å²) >= 11 is 10.8. The van der Waals surface area contributed by atoms with Crippen LogP contribution in [0.2, 0.25) is 0 Å². The van der Waals surface area contributed by atoms with E-state index < -0.39 is 0 Å². The Balaban J connectivity index is 1.96. The van der Waals surface area contributed by atoms with Gasteiger partial charge in [0.1, 0.15) is 0 Å². The van der Waals surface area contributed by atoms with Crippen molar-refractivity contribution in [3.05, 3.63) is 50.9 Å². The minimum absolute atomic E-state index is 0.0259.